The van der Waals surface area contributed by atoms with E-state index in [-0.39, 0.29) is 11.5 Å². The second-order valence-corrected chi connectivity index (χ2v) is 3.36. The standard InChI is InChI=1S/C10H7F3O/c11-7-4-3-6(8(12)9(7)13)10(14)5-1-2-5/h3-5H,1-2H2. The van der Waals surface area contributed by atoms with Crippen molar-refractivity contribution in [3.8, 4) is 0 Å². The van der Waals surface area contributed by atoms with Crippen molar-refractivity contribution in [2.75, 3.05) is 0 Å². The summed E-state index contributed by atoms with van der Waals surface area (Å²) in [6.07, 6.45) is 1.41. The Bertz CT molecular complexity index is 397. The maximum Gasteiger partial charge on any atom is 0.195 e. The molecule has 1 aromatic rings. The van der Waals surface area contributed by atoms with Crippen molar-refractivity contribution >= 4 is 5.78 Å². The molecule has 1 nitrogen and oxygen atoms in total. The number of carbonyl (C=O) groups is 1. The van der Waals surface area contributed by atoms with Crippen LogP contribution in [0, 0.1) is 23.4 Å². The van der Waals surface area contributed by atoms with Gasteiger partial charge in [0.2, 0.25) is 0 Å². The summed E-state index contributed by atoms with van der Waals surface area (Å²) in [7, 11) is 0. The van der Waals surface area contributed by atoms with Crippen molar-refractivity contribution in [3.05, 3.63) is 35.1 Å². The molecule has 1 aromatic carbocycles. The second-order valence-electron chi connectivity index (χ2n) is 3.36. The Morgan fingerprint density at radius 2 is 1.79 bits per heavy atom. The minimum absolute atomic E-state index is 0.200. The number of rotatable bonds is 2. The van der Waals surface area contributed by atoms with E-state index in [2.05, 4.69) is 0 Å². The largest absolute Gasteiger partial charge is 0.294 e. The molecule has 14 heavy (non-hydrogen) atoms. The van der Waals surface area contributed by atoms with Crippen molar-refractivity contribution in [2.24, 2.45) is 5.92 Å². The molecular weight excluding hydrogens is 193 g/mol. The fraction of sp³-hybridized carbons (Fsp3) is 0.300. The number of ketones is 1. The highest BCUT2D eigenvalue weighted by Gasteiger charge is 2.33. The van der Waals surface area contributed by atoms with E-state index in [0.717, 1.165) is 12.1 Å². The molecule has 74 valence electrons. The summed E-state index contributed by atoms with van der Waals surface area (Å²) in [5, 5.41) is 0. The molecule has 0 radical (unpaired) electrons. The molecule has 1 saturated carbocycles. The third-order valence-electron chi connectivity index (χ3n) is 2.25. The average Bonchev–Trinajstić information content (AvgIpc) is 2.97. The van der Waals surface area contributed by atoms with Gasteiger partial charge in [0.15, 0.2) is 23.2 Å². The lowest BCUT2D eigenvalue weighted by molar-refractivity contribution is 0.0962. The Kier molecular flexibility index (Phi) is 2.06. The van der Waals surface area contributed by atoms with E-state index in [1.165, 1.54) is 0 Å². The highest BCUT2D eigenvalue weighted by Crippen LogP contribution is 2.33. The van der Waals surface area contributed by atoms with Crippen LogP contribution in [-0.4, -0.2) is 5.78 Å². The number of carbonyl (C=O) groups excluding carboxylic acids is 1. The molecule has 0 atom stereocenters. The van der Waals surface area contributed by atoms with Gasteiger partial charge in [-0.15, -0.1) is 0 Å². The highest BCUT2D eigenvalue weighted by atomic mass is 19.2. The number of Topliss-reactive ketones (excluding diaryl/α,β-unsaturated/α-hetero) is 1. The van der Waals surface area contributed by atoms with E-state index in [1.54, 1.807) is 0 Å². The minimum atomic E-state index is -1.57. The molecule has 0 N–H and O–H groups in total. The first-order chi connectivity index (χ1) is 6.61. The number of hydrogen-bond donors (Lipinski definition) is 0. The Morgan fingerprint density at radius 1 is 1.14 bits per heavy atom. The van der Waals surface area contributed by atoms with E-state index in [9.17, 15) is 18.0 Å². The molecule has 1 aliphatic carbocycles. The second kappa shape index (κ2) is 3.12. The molecular formula is C10H7F3O. The first kappa shape index (κ1) is 9.24. The zero-order chi connectivity index (χ0) is 10.3. The molecule has 0 bridgehead atoms. The van der Waals surface area contributed by atoms with Crippen LogP contribution in [0.2, 0.25) is 0 Å². The molecule has 0 amide bonds. The number of halogens is 3. The van der Waals surface area contributed by atoms with Gasteiger partial charge < -0.3 is 0 Å². The topological polar surface area (TPSA) is 17.1 Å². The van der Waals surface area contributed by atoms with Gasteiger partial charge in [0.25, 0.3) is 0 Å². The monoisotopic (exact) mass is 200 g/mol. The Morgan fingerprint density at radius 3 is 2.36 bits per heavy atom. The summed E-state index contributed by atoms with van der Waals surface area (Å²) in [6, 6.07) is 1.77. The molecule has 0 aromatic heterocycles. The maximum atomic E-state index is 13.1. The third-order valence-corrected chi connectivity index (χ3v) is 2.25. The lowest BCUT2D eigenvalue weighted by atomic mass is 10.1. The molecule has 0 aliphatic heterocycles. The van der Waals surface area contributed by atoms with Crippen molar-refractivity contribution in [2.45, 2.75) is 12.8 Å². The van der Waals surface area contributed by atoms with Crippen molar-refractivity contribution < 1.29 is 18.0 Å². The lowest BCUT2D eigenvalue weighted by Gasteiger charge is -2.02. The van der Waals surface area contributed by atoms with Crippen molar-refractivity contribution in [3.63, 3.8) is 0 Å². The molecule has 1 fully saturated rings. The van der Waals surface area contributed by atoms with Crippen LogP contribution < -0.4 is 0 Å². The van der Waals surface area contributed by atoms with Crippen LogP contribution in [0.1, 0.15) is 23.2 Å². The first-order valence-electron chi connectivity index (χ1n) is 4.29. The summed E-state index contributed by atoms with van der Waals surface area (Å²) < 4.78 is 38.3. The van der Waals surface area contributed by atoms with E-state index >= 15 is 0 Å². The SMILES string of the molecule is O=C(c1ccc(F)c(F)c1F)C1CC1. The Balaban J connectivity index is 2.43. The summed E-state index contributed by atoms with van der Waals surface area (Å²) in [6.45, 7) is 0. The predicted octanol–water partition coefficient (Wildman–Crippen LogP) is 2.70. The van der Waals surface area contributed by atoms with Crippen LogP contribution in [0.15, 0.2) is 12.1 Å². The zero-order valence-corrected chi connectivity index (χ0v) is 7.19. The minimum Gasteiger partial charge on any atom is -0.294 e. The van der Waals surface area contributed by atoms with Gasteiger partial charge in [-0.05, 0) is 25.0 Å². The summed E-state index contributed by atoms with van der Waals surface area (Å²) in [5.74, 6) is -4.84. The molecule has 2 rings (SSSR count). The first-order valence-corrected chi connectivity index (χ1v) is 4.29. The number of hydrogen-bond acceptors (Lipinski definition) is 1. The molecule has 0 saturated heterocycles. The smallest absolute Gasteiger partial charge is 0.195 e. The van der Waals surface area contributed by atoms with Gasteiger partial charge in [-0.2, -0.15) is 0 Å². The average molecular weight is 200 g/mol. The normalized spacial score (nSPS) is 15.6. The molecule has 0 spiro atoms. The molecule has 0 heterocycles. The third kappa shape index (κ3) is 1.41. The van der Waals surface area contributed by atoms with E-state index < -0.39 is 23.2 Å². The molecule has 4 heteroatoms. The fourth-order valence-electron chi connectivity index (χ4n) is 1.28. The van der Waals surface area contributed by atoms with Crippen molar-refractivity contribution in [1.29, 1.82) is 0 Å². The zero-order valence-electron chi connectivity index (χ0n) is 7.19. The van der Waals surface area contributed by atoms with Gasteiger partial charge in [-0.1, -0.05) is 0 Å². The van der Waals surface area contributed by atoms with Gasteiger partial charge in [0.05, 0.1) is 5.56 Å². The van der Waals surface area contributed by atoms with Crippen LogP contribution >= 0.6 is 0 Å². The Labute approximate surface area is 78.5 Å². The summed E-state index contributed by atoms with van der Waals surface area (Å²) >= 11 is 0. The van der Waals surface area contributed by atoms with Gasteiger partial charge in [-0.25, -0.2) is 13.2 Å². The van der Waals surface area contributed by atoms with Crippen LogP contribution in [0.25, 0.3) is 0 Å². The van der Waals surface area contributed by atoms with E-state index in [4.69, 9.17) is 0 Å². The van der Waals surface area contributed by atoms with Crippen LogP contribution in [0.5, 0.6) is 0 Å². The van der Waals surface area contributed by atoms with Crippen LogP contribution in [-0.2, 0) is 0 Å². The summed E-state index contributed by atoms with van der Waals surface area (Å²) in [5.41, 5.74) is -0.341. The quantitative estimate of drug-likeness (QED) is 0.529. The van der Waals surface area contributed by atoms with Crippen molar-refractivity contribution in [1.82, 2.24) is 0 Å². The van der Waals surface area contributed by atoms with Gasteiger partial charge in [0, 0.05) is 5.92 Å². The van der Waals surface area contributed by atoms with E-state index in [1.807, 2.05) is 0 Å². The van der Waals surface area contributed by atoms with Gasteiger partial charge in [0.1, 0.15) is 0 Å². The lowest BCUT2D eigenvalue weighted by Crippen LogP contribution is -2.07. The maximum absolute atomic E-state index is 13.1. The molecule has 0 unspecified atom stereocenters. The summed E-state index contributed by atoms with van der Waals surface area (Å²) in [4.78, 5) is 11.4. The fourth-order valence-corrected chi connectivity index (χ4v) is 1.28. The van der Waals surface area contributed by atoms with Gasteiger partial charge in [-0.3, -0.25) is 4.79 Å². The van der Waals surface area contributed by atoms with Gasteiger partial charge >= 0.3 is 0 Å². The van der Waals surface area contributed by atoms with Crippen LogP contribution in [0.4, 0.5) is 13.2 Å². The number of benzene rings is 1. The predicted molar refractivity (Wildman–Crippen MR) is 43.4 cm³/mol. The van der Waals surface area contributed by atoms with Crippen LogP contribution in [0.3, 0.4) is 0 Å². The molecule has 1 aliphatic rings. The van der Waals surface area contributed by atoms with E-state index in [0.29, 0.717) is 12.8 Å². The highest BCUT2D eigenvalue weighted by molar-refractivity contribution is 5.99. The Hall–Kier alpha value is -1.32.